The van der Waals surface area contributed by atoms with Crippen LogP contribution in [-0.2, 0) is 0 Å². The zero-order valence-corrected chi connectivity index (χ0v) is 10.3. The van der Waals surface area contributed by atoms with E-state index in [9.17, 15) is 0 Å². The van der Waals surface area contributed by atoms with Crippen LogP contribution in [0.4, 0.5) is 11.4 Å². The standard InChI is InChI=1S/C13H13N3.H2S/c14-13(15-11-7-3-1-4-8-11)16-12-9-5-2-6-10-12;/h1-10H,(H3,14,15,16);1H2. The third-order valence-electron chi connectivity index (χ3n) is 2.05. The minimum absolute atomic E-state index is 0. The number of rotatable bonds is 2. The summed E-state index contributed by atoms with van der Waals surface area (Å²) in [5.41, 5.74) is 7.54. The zero-order valence-electron chi connectivity index (χ0n) is 9.30. The number of hydrogen-bond acceptors (Lipinski definition) is 1. The van der Waals surface area contributed by atoms with Crippen molar-refractivity contribution in [2.75, 3.05) is 5.32 Å². The van der Waals surface area contributed by atoms with Crippen LogP contribution < -0.4 is 11.1 Å². The Balaban J connectivity index is 0.00000144. The molecule has 0 fully saturated rings. The second kappa shape index (κ2) is 6.60. The Kier molecular flexibility index (Phi) is 5.10. The maximum absolute atomic E-state index is 5.78. The van der Waals surface area contributed by atoms with Crippen molar-refractivity contribution in [3.05, 3.63) is 60.7 Å². The number of benzene rings is 2. The van der Waals surface area contributed by atoms with Crippen LogP contribution in [0, 0.1) is 0 Å². The van der Waals surface area contributed by atoms with E-state index in [2.05, 4.69) is 10.3 Å². The van der Waals surface area contributed by atoms with Gasteiger partial charge in [0.25, 0.3) is 0 Å². The van der Waals surface area contributed by atoms with Crippen molar-refractivity contribution in [3.8, 4) is 0 Å². The highest BCUT2D eigenvalue weighted by atomic mass is 32.1. The SMILES string of the molecule is NC(=Nc1ccccc1)Nc1ccccc1.S. The van der Waals surface area contributed by atoms with Gasteiger partial charge in [-0.15, -0.1) is 0 Å². The van der Waals surface area contributed by atoms with Crippen molar-refractivity contribution in [1.29, 1.82) is 0 Å². The minimum Gasteiger partial charge on any atom is -0.369 e. The van der Waals surface area contributed by atoms with E-state index in [1.807, 2.05) is 60.7 Å². The lowest BCUT2D eigenvalue weighted by Crippen LogP contribution is -2.21. The Hall–Kier alpha value is -1.94. The summed E-state index contributed by atoms with van der Waals surface area (Å²) in [5, 5.41) is 3.02. The molecule has 17 heavy (non-hydrogen) atoms. The molecule has 0 amide bonds. The van der Waals surface area contributed by atoms with Crippen LogP contribution in [0.2, 0.25) is 0 Å². The highest BCUT2D eigenvalue weighted by Gasteiger charge is 1.93. The largest absolute Gasteiger partial charge is 0.369 e. The van der Waals surface area contributed by atoms with Crippen LogP contribution in [0.15, 0.2) is 65.7 Å². The molecule has 0 aromatic heterocycles. The molecule has 2 aromatic carbocycles. The van der Waals surface area contributed by atoms with Crippen molar-refractivity contribution in [3.63, 3.8) is 0 Å². The van der Waals surface area contributed by atoms with E-state index in [1.165, 1.54) is 0 Å². The summed E-state index contributed by atoms with van der Waals surface area (Å²) in [6, 6.07) is 19.3. The summed E-state index contributed by atoms with van der Waals surface area (Å²) in [6.45, 7) is 0. The normalized spacial score (nSPS) is 10.5. The smallest absolute Gasteiger partial charge is 0.198 e. The first-order valence-corrected chi connectivity index (χ1v) is 5.06. The van der Waals surface area contributed by atoms with Gasteiger partial charge in [-0.2, -0.15) is 13.5 Å². The highest BCUT2D eigenvalue weighted by molar-refractivity contribution is 7.59. The van der Waals surface area contributed by atoms with E-state index in [4.69, 9.17) is 5.73 Å². The van der Waals surface area contributed by atoms with Crippen molar-refractivity contribution in [1.82, 2.24) is 0 Å². The second-order valence-corrected chi connectivity index (χ2v) is 3.32. The van der Waals surface area contributed by atoms with Gasteiger partial charge in [-0.05, 0) is 24.3 Å². The average Bonchev–Trinajstić information content (AvgIpc) is 2.31. The van der Waals surface area contributed by atoms with E-state index < -0.39 is 0 Å². The first-order valence-electron chi connectivity index (χ1n) is 5.06. The zero-order chi connectivity index (χ0) is 11.2. The highest BCUT2D eigenvalue weighted by Crippen LogP contribution is 2.10. The quantitative estimate of drug-likeness (QED) is 0.631. The lowest BCUT2D eigenvalue weighted by Gasteiger charge is -2.04. The van der Waals surface area contributed by atoms with E-state index in [1.54, 1.807) is 0 Å². The van der Waals surface area contributed by atoms with Gasteiger partial charge in [0.2, 0.25) is 0 Å². The molecule has 0 saturated heterocycles. The van der Waals surface area contributed by atoms with E-state index in [-0.39, 0.29) is 13.5 Å². The molecule has 0 bridgehead atoms. The molecule has 2 rings (SSSR count). The summed E-state index contributed by atoms with van der Waals surface area (Å²) in [7, 11) is 0. The van der Waals surface area contributed by atoms with Crippen LogP contribution in [0.3, 0.4) is 0 Å². The number of nitrogens with zero attached hydrogens (tertiary/aromatic N) is 1. The molecule has 0 aliphatic rings. The molecule has 0 radical (unpaired) electrons. The lowest BCUT2D eigenvalue weighted by atomic mass is 10.3. The summed E-state index contributed by atoms with van der Waals surface area (Å²) >= 11 is 0. The molecule has 0 saturated carbocycles. The van der Waals surface area contributed by atoms with Gasteiger partial charge in [0.05, 0.1) is 5.69 Å². The Morgan fingerprint density at radius 3 is 2.00 bits per heavy atom. The predicted octanol–water partition coefficient (Wildman–Crippen LogP) is 2.86. The predicted molar refractivity (Wildman–Crippen MR) is 78.2 cm³/mol. The Labute approximate surface area is 108 Å². The minimum atomic E-state index is 0. The summed E-state index contributed by atoms with van der Waals surface area (Å²) < 4.78 is 0. The molecule has 88 valence electrons. The van der Waals surface area contributed by atoms with Crippen LogP contribution in [-0.4, -0.2) is 5.96 Å². The number of guanidine groups is 1. The topological polar surface area (TPSA) is 50.4 Å². The summed E-state index contributed by atoms with van der Waals surface area (Å²) in [6.07, 6.45) is 0. The van der Waals surface area contributed by atoms with Crippen molar-refractivity contribution < 1.29 is 0 Å². The molecular formula is C13H15N3S. The molecule has 0 aliphatic heterocycles. The molecule has 4 heteroatoms. The fraction of sp³-hybridized carbons (Fsp3) is 0. The molecule has 0 aliphatic carbocycles. The molecule has 2 aromatic rings. The van der Waals surface area contributed by atoms with Gasteiger partial charge in [0.15, 0.2) is 5.96 Å². The first-order chi connectivity index (χ1) is 7.84. The van der Waals surface area contributed by atoms with Gasteiger partial charge in [0.1, 0.15) is 0 Å². The van der Waals surface area contributed by atoms with Crippen LogP contribution in [0.1, 0.15) is 0 Å². The Bertz CT molecular complexity index is 469. The maximum Gasteiger partial charge on any atom is 0.198 e. The van der Waals surface area contributed by atoms with E-state index in [0.29, 0.717) is 5.96 Å². The molecular weight excluding hydrogens is 230 g/mol. The maximum atomic E-state index is 5.78. The monoisotopic (exact) mass is 245 g/mol. The van der Waals surface area contributed by atoms with Crippen LogP contribution >= 0.6 is 13.5 Å². The lowest BCUT2D eigenvalue weighted by molar-refractivity contribution is 1.44. The third kappa shape index (κ3) is 4.20. The van der Waals surface area contributed by atoms with Crippen LogP contribution in [0.25, 0.3) is 0 Å². The second-order valence-electron chi connectivity index (χ2n) is 3.32. The van der Waals surface area contributed by atoms with Gasteiger partial charge in [-0.3, -0.25) is 0 Å². The Morgan fingerprint density at radius 1 is 0.882 bits per heavy atom. The fourth-order valence-electron chi connectivity index (χ4n) is 1.34. The Morgan fingerprint density at radius 2 is 1.41 bits per heavy atom. The molecule has 0 unspecified atom stereocenters. The summed E-state index contributed by atoms with van der Waals surface area (Å²) in [4.78, 5) is 4.24. The van der Waals surface area contributed by atoms with Gasteiger partial charge in [0, 0.05) is 5.69 Å². The van der Waals surface area contributed by atoms with Gasteiger partial charge >= 0.3 is 0 Å². The number of aliphatic imine (C=N–C) groups is 1. The molecule has 0 spiro atoms. The fourth-order valence-corrected chi connectivity index (χ4v) is 1.34. The van der Waals surface area contributed by atoms with Crippen LogP contribution in [0.5, 0.6) is 0 Å². The van der Waals surface area contributed by atoms with E-state index in [0.717, 1.165) is 11.4 Å². The number of hydrogen-bond donors (Lipinski definition) is 2. The number of para-hydroxylation sites is 2. The van der Waals surface area contributed by atoms with Crippen molar-refractivity contribution in [2.24, 2.45) is 10.7 Å². The number of nitrogens with two attached hydrogens (primary N) is 1. The van der Waals surface area contributed by atoms with Gasteiger partial charge in [-0.25, -0.2) is 4.99 Å². The summed E-state index contributed by atoms with van der Waals surface area (Å²) in [5.74, 6) is 0.386. The first kappa shape index (κ1) is 13.1. The van der Waals surface area contributed by atoms with Crippen molar-refractivity contribution >= 4 is 30.8 Å². The average molecular weight is 245 g/mol. The number of nitrogens with one attached hydrogen (secondary N) is 1. The molecule has 0 atom stereocenters. The molecule has 3 N–H and O–H groups in total. The molecule has 0 heterocycles. The third-order valence-corrected chi connectivity index (χ3v) is 2.05. The van der Waals surface area contributed by atoms with Gasteiger partial charge in [-0.1, -0.05) is 36.4 Å². The number of anilines is 1. The molecule has 3 nitrogen and oxygen atoms in total. The van der Waals surface area contributed by atoms with Gasteiger partial charge < -0.3 is 11.1 Å². The van der Waals surface area contributed by atoms with E-state index >= 15 is 0 Å². The van der Waals surface area contributed by atoms with Crippen molar-refractivity contribution in [2.45, 2.75) is 0 Å².